The molecule has 0 atom stereocenters. The Hall–Kier alpha value is -1.16. The highest BCUT2D eigenvalue weighted by molar-refractivity contribution is 9.08. The van der Waals surface area contributed by atoms with E-state index in [1.807, 2.05) is 19.2 Å². The maximum absolute atomic E-state index is 13.0. The predicted molar refractivity (Wildman–Crippen MR) is 61.2 cm³/mol. The number of halogens is 2. The largest absolute Gasteiger partial charge is 0.271 e. The smallest absolute Gasteiger partial charge is 0.123 e. The topological polar surface area (TPSA) is 17.8 Å². The summed E-state index contributed by atoms with van der Waals surface area (Å²) in [6.07, 6.45) is 0. The fraction of sp³-hybridized carbons (Fsp3) is 0.182. The zero-order chi connectivity index (χ0) is 10.8. The van der Waals surface area contributed by atoms with Crippen molar-refractivity contribution in [3.05, 3.63) is 41.8 Å². The van der Waals surface area contributed by atoms with E-state index in [0.29, 0.717) is 0 Å². The molecular weight excluding hydrogens is 259 g/mol. The number of nitrogens with zero attached hydrogens (tertiary/aromatic N) is 2. The van der Waals surface area contributed by atoms with Crippen LogP contribution in [-0.4, -0.2) is 9.78 Å². The predicted octanol–water partition coefficient (Wildman–Crippen LogP) is 3.12. The SMILES string of the molecule is Cn1nc(-c2cccc(F)c2)cc1CBr. The van der Waals surface area contributed by atoms with Crippen molar-refractivity contribution in [2.24, 2.45) is 7.05 Å². The van der Waals surface area contributed by atoms with E-state index in [4.69, 9.17) is 0 Å². The first-order valence-electron chi connectivity index (χ1n) is 4.55. The van der Waals surface area contributed by atoms with Crippen LogP contribution in [0.15, 0.2) is 30.3 Å². The average Bonchev–Trinajstić information content (AvgIpc) is 2.60. The highest BCUT2D eigenvalue weighted by atomic mass is 79.9. The monoisotopic (exact) mass is 268 g/mol. The Morgan fingerprint density at radius 2 is 2.20 bits per heavy atom. The Labute approximate surface area is 95.9 Å². The lowest BCUT2D eigenvalue weighted by molar-refractivity contribution is 0.628. The van der Waals surface area contributed by atoms with Crippen LogP contribution in [0.1, 0.15) is 5.69 Å². The number of hydrogen-bond acceptors (Lipinski definition) is 1. The van der Waals surface area contributed by atoms with Gasteiger partial charge in [-0.05, 0) is 18.2 Å². The van der Waals surface area contributed by atoms with E-state index in [2.05, 4.69) is 21.0 Å². The third-order valence-corrected chi connectivity index (χ3v) is 2.81. The van der Waals surface area contributed by atoms with E-state index in [0.717, 1.165) is 22.3 Å². The Balaban J connectivity index is 2.45. The lowest BCUT2D eigenvalue weighted by Gasteiger charge is -1.95. The van der Waals surface area contributed by atoms with Crippen LogP contribution in [0, 0.1) is 5.82 Å². The van der Waals surface area contributed by atoms with Crippen LogP contribution >= 0.6 is 15.9 Å². The second-order valence-electron chi connectivity index (χ2n) is 3.29. The van der Waals surface area contributed by atoms with Crippen molar-refractivity contribution in [1.29, 1.82) is 0 Å². The van der Waals surface area contributed by atoms with Crippen LogP contribution in [0.25, 0.3) is 11.3 Å². The summed E-state index contributed by atoms with van der Waals surface area (Å²) in [5.41, 5.74) is 2.67. The maximum atomic E-state index is 13.0. The zero-order valence-electron chi connectivity index (χ0n) is 8.24. The van der Waals surface area contributed by atoms with E-state index >= 15 is 0 Å². The first-order valence-corrected chi connectivity index (χ1v) is 5.67. The normalized spacial score (nSPS) is 10.6. The van der Waals surface area contributed by atoms with Gasteiger partial charge in [0.2, 0.25) is 0 Å². The van der Waals surface area contributed by atoms with Gasteiger partial charge in [0.1, 0.15) is 5.82 Å². The number of hydrogen-bond donors (Lipinski definition) is 0. The maximum Gasteiger partial charge on any atom is 0.123 e. The Morgan fingerprint density at radius 1 is 1.40 bits per heavy atom. The molecular formula is C11H10BrFN2. The average molecular weight is 269 g/mol. The van der Waals surface area contributed by atoms with E-state index in [1.54, 1.807) is 10.7 Å². The van der Waals surface area contributed by atoms with Crippen LogP contribution in [0.5, 0.6) is 0 Å². The van der Waals surface area contributed by atoms with Gasteiger partial charge in [-0.1, -0.05) is 28.1 Å². The third-order valence-electron chi connectivity index (χ3n) is 2.23. The van der Waals surface area contributed by atoms with Crippen molar-refractivity contribution >= 4 is 15.9 Å². The fourth-order valence-electron chi connectivity index (χ4n) is 1.42. The van der Waals surface area contributed by atoms with Crippen LogP contribution in [0.3, 0.4) is 0 Å². The minimum absolute atomic E-state index is 0.237. The molecule has 0 amide bonds. The van der Waals surface area contributed by atoms with Gasteiger partial charge in [0.05, 0.1) is 5.69 Å². The van der Waals surface area contributed by atoms with Gasteiger partial charge in [0, 0.05) is 23.6 Å². The summed E-state index contributed by atoms with van der Waals surface area (Å²) in [6, 6.07) is 8.40. The summed E-state index contributed by atoms with van der Waals surface area (Å²) >= 11 is 3.37. The molecule has 0 spiro atoms. The summed E-state index contributed by atoms with van der Waals surface area (Å²) in [7, 11) is 1.87. The molecule has 0 saturated carbocycles. The molecule has 0 unspecified atom stereocenters. The van der Waals surface area contributed by atoms with Gasteiger partial charge in [-0.15, -0.1) is 0 Å². The fourth-order valence-corrected chi connectivity index (χ4v) is 1.94. The molecule has 0 bridgehead atoms. The molecule has 2 aromatic rings. The summed E-state index contributed by atoms with van der Waals surface area (Å²) in [4.78, 5) is 0. The molecule has 0 aliphatic rings. The minimum Gasteiger partial charge on any atom is -0.271 e. The molecule has 0 N–H and O–H groups in total. The molecule has 0 radical (unpaired) electrons. The second-order valence-corrected chi connectivity index (χ2v) is 3.85. The molecule has 15 heavy (non-hydrogen) atoms. The first kappa shape index (κ1) is 10.4. The molecule has 0 aliphatic carbocycles. The van der Waals surface area contributed by atoms with Crippen molar-refractivity contribution in [3.8, 4) is 11.3 Å². The lowest BCUT2D eigenvalue weighted by Crippen LogP contribution is -1.94. The molecule has 0 aliphatic heterocycles. The standard InChI is InChI=1S/C11H10BrFN2/c1-15-10(7-12)6-11(14-15)8-3-2-4-9(13)5-8/h2-6H,7H2,1H3. The lowest BCUT2D eigenvalue weighted by atomic mass is 10.1. The van der Waals surface area contributed by atoms with Gasteiger partial charge in [-0.3, -0.25) is 4.68 Å². The van der Waals surface area contributed by atoms with E-state index in [1.165, 1.54) is 12.1 Å². The molecule has 0 saturated heterocycles. The number of aryl methyl sites for hydroxylation is 1. The molecule has 0 fully saturated rings. The summed E-state index contributed by atoms with van der Waals surface area (Å²) < 4.78 is 14.8. The van der Waals surface area contributed by atoms with Gasteiger partial charge in [0.15, 0.2) is 0 Å². The molecule has 1 aromatic heterocycles. The van der Waals surface area contributed by atoms with Crippen molar-refractivity contribution in [2.45, 2.75) is 5.33 Å². The molecule has 4 heteroatoms. The van der Waals surface area contributed by atoms with Gasteiger partial charge < -0.3 is 0 Å². The number of aromatic nitrogens is 2. The van der Waals surface area contributed by atoms with Crippen molar-refractivity contribution in [3.63, 3.8) is 0 Å². The van der Waals surface area contributed by atoms with Gasteiger partial charge in [0.25, 0.3) is 0 Å². The number of rotatable bonds is 2. The molecule has 1 aromatic carbocycles. The highest BCUT2D eigenvalue weighted by Gasteiger charge is 2.06. The second kappa shape index (κ2) is 4.14. The van der Waals surface area contributed by atoms with Gasteiger partial charge in [-0.25, -0.2) is 4.39 Å². The van der Waals surface area contributed by atoms with Crippen LogP contribution < -0.4 is 0 Å². The Kier molecular flexibility index (Phi) is 2.86. The molecule has 78 valence electrons. The summed E-state index contributed by atoms with van der Waals surface area (Å²) in [5.74, 6) is -0.237. The summed E-state index contributed by atoms with van der Waals surface area (Å²) in [6.45, 7) is 0. The Morgan fingerprint density at radius 3 is 2.80 bits per heavy atom. The Bertz CT molecular complexity index is 479. The molecule has 2 rings (SSSR count). The number of alkyl halides is 1. The third kappa shape index (κ3) is 2.09. The van der Waals surface area contributed by atoms with Crippen molar-refractivity contribution in [2.75, 3.05) is 0 Å². The minimum atomic E-state index is -0.237. The zero-order valence-corrected chi connectivity index (χ0v) is 9.83. The summed E-state index contributed by atoms with van der Waals surface area (Å²) in [5, 5.41) is 5.05. The van der Waals surface area contributed by atoms with Crippen LogP contribution in [0.2, 0.25) is 0 Å². The number of benzene rings is 1. The molecule has 1 heterocycles. The molecule has 2 nitrogen and oxygen atoms in total. The van der Waals surface area contributed by atoms with Crippen LogP contribution in [0.4, 0.5) is 4.39 Å². The van der Waals surface area contributed by atoms with Crippen molar-refractivity contribution in [1.82, 2.24) is 9.78 Å². The van der Waals surface area contributed by atoms with E-state index in [9.17, 15) is 4.39 Å². The van der Waals surface area contributed by atoms with E-state index in [-0.39, 0.29) is 5.82 Å². The van der Waals surface area contributed by atoms with E-state index < -0.39 is 0 Å². The van der Waals surface area contributed by atoms with Crippen LogP contribution in [-0.2, 0) is 12.4 Å². The van der Waals surface area contributed by atoms with Crippen molar-refractivity contribution < 1.29 is 4.39 Å². The van der Waals surface area contributed by atoms with Gasteiger partial charge in [-0.2, -0.15) is 5.10 Å². The van der Waals surface area contributed by atoms with Gasteiger partial charge >= 0.3 is 0 Å². The highest BCUT2D eigenvalue weighted by Crippen LogP contribution is 2.20. The first-order chi connectivity index (χ1) is 7.20. The quantitative estimate of drug-likeness (QED) is 0.766.